The zero-order valence-corrected chi connectivity index (χ0v) is 12.5. The van der Waals surface area contributed by atoms with Gasteiger partial charge in [-0.1, -0.05) is 43.3 Å². The molecule has 0 saturated heterocycles. The van der Waals surface area contributed by atoms with E-state index in [0.717, 1.165) is 23.5 Å². The number of rotatable bonds is 3. The van der Waals surface area contributed by atoms with E-state index < -0.39 is 0 Å². The van der Waals surface area contributed by atoms with Crippen LogP contribution in [0.2, 0.25) is 0 Å². The molecule has 3 heteroatoms. The summed E-state index contributed by atoms with van der Waals surface area (Å²) in [5.74, 6) is 1.95. The maximum Gasteiger partial charge on any atom is 0.128 e. The van der Waals surface area contributed by atoms with Gasteiger partial charge in [0.2, 0.25) is 0 Å². The van der Waals surface area contributed by atoms with Crippen LogP contribution in [0.4, 0.5) is 0 Å². The monoisotopic (exact) mass is 283 g/mol. The Balaban J connectivity index is 1.87. The number of fused-ring (bicyclic) bond motifs is 1. The lowest BCUT2D eigenvalue weighted by molar-refractivity contribution is 0.136. The third-order valence-electron chi connectivity index (χ3n) is 4.27. The van der Waals surface area contributed by atoms with Crippen molar-refractivity contribution in [3.05, 3.63) is 59.7 Å². The molecule has 3 rings (SSSR count). The largest absolute Gasteiger partial charge is 0.497 e. The maximum absolute atomic E-state index is 6.32. The van der Waals surface area contributed by atoms with E-state index in [2.05, 4.69) is 31.2 Å². The molecular weight excluding hydrogens is 262 g/mol. The van der Waals surface area contributed by atoms with Crippen LogP contribution in [0.1, 0.15) is 36.4 Å². The second kappa shape index (κ2) is 5.78. The van der Waals surface area contributed by atoms with Gasteiger partial charge in [0.25, 0.3) is 0 Å². The van der Waals surface area contributed by atoms with E-state index in [-0.39, 0.29) is 12.1 Å². The first-order valence-corrected chi connectivity index (χ1v) is 7.34. The van der Waals surface area contributed by atoms with Gasteiger partial charge in [0, 0.05) is 30.0 Å². The number of hydrogen-bond acceptors (Lipinski definition) is 3. The maximum atomic E-state index is 6.32. The number of hydrogen-bond donors (Lipinski definition) is 1. The molecule has 0 amide bonds. The lowest BCUT2D eigenvalue weighted by Gasteiger charge is -2.34. The minimum absolute atomic E-state index is 0.0100. The average Bonchev–Trinajstić information content (AvgIpc) is 2.54. The van der Waals surface area contributed by atoms with Gasteiger partial charge in [-0.05, 0) is 11.6 Å². The predicted octanol–water partition coefficient (Wildman–Crippen LogP) is 3.65. The van der Waals surface area contributed by atoms with Gasteiger partial charge in [-0.3, -0.25) is 0 Å². The molecule has 3 atom stereocenters. The van der Waals surface area contributed by atoms with Crippen LogP contribution in [-0.2, 0) is 0 Å². The van der Waals surface area contributed by atoms with Crippen molar-refractivity contribution < 1.29 is 9.47 Å². The van der Waals surface area contributed by atoms with Crippen LogP contribution in [0.5, 0.6) is 11.5 Å². The summed E-state index contributed by atoms with van der Waals surface area (Å²) in [6, 6.07) is 16.3. The van der Waals surface area contributed by atoms with E-state index in [1.165, 1.54) is 5.56 Å². The highest BCUT2D eigenvalue weighted by atomic mass is 16.5. The minimum Gasteiger partial charge on any atom is -0.497 e. The van der Waals surface area contributed by atoms with Crippen molar-refractivity contribution in [2.45, 2.75) is 31.4 Å². The number of nitrogens with two attached hydrogens (primary N) is 1. The van der Waals surface area contributed by atoms with Gasteiger partial charge in [-0.2, -0.15) is 0 Å². The van der Waals surface area contributed by atoms with Crippen molar-refractivity contribution in [1.82, 2.24) is 0 Å². The third-order valence-corrected chi connectivity index (χ3v) is 4.27. The molecule has 21 heavy (non-hydrogen) atoms. The fourth-order valence-corrected chi connectivity index (χ4v) is 2.92. The molecule has 0 aliphatic carbocycles. The summed E-state index contributed by atoms with van der Waals surface area (Å²) in [5.41, 5.74) is 8.66. The second-order valence-corrected chi connectivity index (χ2v) is 5.60. The minimum atomic E-state index is 0.0100. The Bertz CT molecular complexity index is 612. The molecule has 1 heterocycles. The Labute approximate surface area is 125 Å². The Hall–Kier alpha value is -2.00. The summed E-state index contributed by atoms with van der Waals surface area (Å²) in [6.45, 7) is 2.19. The van der Waals surface area contributed by atoms with Gasteiger partial charge >= 0.3 is 0 Å². The first-order chi connectivity index (χ1) is 10.2. The molecule has 0 fully saturated rings. The van der Waals surface area contributed by atoms with Crippen molar-refractivity contribution in [2.75, 3.05) is 7.11 Å². The molecular formula is C18H21NO2. The van der Waals surface area contributed by atoms with Gasteiger partial charge in [-0.15, -0.1) is 0 Å². The average molecular weight is 283 g/mol. The highest BCUT2D eigenvalue weighted by Gasteiger charge is 2.30. The molecule has 0 radical (unpaired) electrons. The molecule has 3 nitrogen and oxygen atoms in total. The third kappa shape index (κ3) is 2.74. The van der Waals surface area contributed by atoms with Crippen molar-refractivity contribution in [2.24, 2.45) is 5.73 Å². The first-order valence-electron chi connectivity index (χ1n) is 7.34. The Morgan fingerprint density at radius 1 is 1.19 bits per heavy atom. The molecule has 0 spiro atoms. The van der Waals surface area contributed by atoms with E-state index >= 15 is 0 Å². The highest BCUT2D eigenvalue weighted by Crippen LogP contribution is 2.39. The zero-order valence-electron chi connectivity index (χ0n) is 12.5. The van der Waals surface area contributed by atoms with Gasteiger partial charge in [0.1, 0.15) is 17.6 Å². The predicted molar refractivity (Wildman–Crippen MR) is 83.8 cm³/mol. The quantitative estimate of drug-likeness (QED) is 0.935. The van der Waals surface area contributed by atoms with Crippen molar-refractivity contribution in [1.29, 1.82) is 0 Å². The highest BCUT2D eigenvalue weighted by molar-refractivity contribution is 5.44. The summed E-state index contributed by atoms with van der Waals surface area (Å²) in [5, 5.41) is 0. The van der Waals surface area contributed by atoms with E-state index in [9.17, 15) is 0 Å². The Kier molecular flexibility index (Phi) is 3.84. The van der Waals surface area contributed by atoms with Crippen molar-refractivity contribution in [3.8, 4) is 11.5 Å². The smallest absolute Gasteiger partial charge is 0.128 e. The molecule has 2 aromatic carbocycles. The van der Waals surface area contributed by atoms with Crippen molar-refractivity contribution in [3.63, 3.8) is 0 Å². The SMILES string of the molecule is COc1ccc2c(c1)OC(C(C)c1ccccc1)C[C@@H]2N. The normalized spacial score (nSPS) is 22.0. The molecule has 0 bridgehead atoms. The standard InChI is InChI=1S/C18H21NO2/c1-12(13-6-4-3-5-7-13)17-11-16(19)15-9-8-14(20-2)10-18(15)21-17/h3-10,12,16-17H,11,19H2,1-2H3/t12?,16-,17?/m0/s1. The second-order valence-electron chi connectivity index (χ2n) is 5.60. The molecule has 2 N–H and O–H groups in total. The zero-order chi connectivity index (χ0) is 14.8. The van der Waals surface area contributed by atoms with Crippen LogP contribution in [0, 0.1) is 0 Å². The lowest BCUT2D eigenvalue weighted by Crippen LogP contribution is -2.33. The van der Waals surface area contributed by atoms with Crippen LogP contribution in [-0.4, -0.2) is 13.2 Å². The Morgan fingerprint density at radius 2 is 1.95 bits per heavy atom. The number of methoxy groups -OCH3 is 1. The van der Waals surface area contributed by atoms with E-state index in [1.54, 1.807) is 7.11 Å². The molecule has 0 saturated carbocycles. The van der Waals surface area contributed by atoms with Gasteiger partial charge < -0.3 is 15.2 Å². The fraction of sp³-hybridized carbons (Fsp3) is 0.333. The molecule has 0 aromatic heterocycles. The molecule has 2 unspecified atom stereocenters. The van der Waals surface area contributed by atoms with Crippen LogP contribution < -0.4 is 15.2 Å². The number of benzene rings is 2. The summed E-state index contributed by atoms with van der Waals surface area (Å²) >= 11 is 0. The van der Waals surface area contributed by atoms with Crippen LogP contribution in [0.25, 0.3) is 0 Å². The summed E-state index contributed by atoms with van der Waals surface area (Å²) in [6.07, 6.45) is 0.914. The lowest BCUT2D eigenvalue weighted by atomic mass is 9.87. The van der Waals surface area contributed by atoms with Gasteiger partial charge in [-0.25, -0.2) is 0 Å². The first kappa shape index (κ1) is 14.0. The fourth-order valence-electron chi connectivity index (χ4n) is 2.92. The Morgan fingerprint density at radius 3 is 2.67 bits per heavy atom. The topological polar surface area (TPSA) is 44.5 Å². The van der Waals surface area contributed by atoms with Crippen LogP contribution in [0.15, 0.2) is 48.5 Å². The molecule has 2 aromatic rings. The van der Waals surface area contributed by atoms with Gasteiger partial charge in [0.05, 0.1) is 7.11 Å². The number of ether oxygens (including phenoxy) is 2. The molecule has 1 aliphatic heterocycles. The van der Waals surface area contributed by atoms with Gasteiger partial charge in [0.15, 0.2) is 0 Å². The van der Waals surface area contributed by atoms with E-state index in [1.807, 2.05) is 24.3 Å². The van der Waals surface area contributed by atoms with Crippen molar-refractivity contribution >= 4 is 0 Å². The van der Waals surface area contributed by atoms with Crippen LogP contribution >= 0.6 is 0 Å². The van der Waals surface area contributed by atoms with E-state index in [4.69, 9.17) is 15.2 Å². The van der Waals surface area contributed by atoms with Crippen LogP contribution in [0.3, 0.4) is 0 Å². The summed E-state index contributed by atoms with van der Waals surface area (Å²) in [7, 11) is 1.66. The van der Waals surface area contributed by atoms with E-state index in [0.29, 0.717) is 5.92 Å². The summed E-state index contributed by atoms with van der Waals surface area (Å²) in [4.78, 5) is 0. The molecule has 1 aliphatic rings. The summed E-state index contributed by atoms with van der Waals surface area (Å²) < 4.78 is 11.5. The molecule has 110 valence electrons.